The first-order chi connectivity index (χ1) is 18.8. The van der Waals surface area contributed by atoms with Crippen LogP contribution in [0.4, 0.5) is 0 Å². The molecule has 1 saturated heterocycles. The van der Waals surface area contributed by atoms with Crippen molar-refractivity contribution in [2.24, 2.45) is 5.73 Å². The van der Waals surface area contributed by atoms with E-state index in [0.717, 1.165) is 37.8 Å². The Balaban J connectivity index is 1.32. The molecule has 0 spiro atoms. The normalized spacial score (nSPS) is 18.5. The number of carbonyl (C=O) groups is 1. The van der Waals surface area contributed by atoms with Crippen LogP contribution in [0.15, 0.2) is 58.3 Å². The predicted molar refractivity (Wildman–Crippen MR) is 154 cm³/mol. The second kappa shape index (κ2) is 13.7. The Labute approximate surface area is 234 Å². The molecule has 0 unspecified atom stereocenters. The van der Waals surface area contributed by atoms with Crippen molar-refractivity contribution >= 4 is 15.7 Å². The Hall–Kier alpha value is -2.46. The van der Waals surface area contributed by atoms with Crippen molar-refractivity contribution in [3.8, 4) is 5.75 Å². The molecule has 1 saturated carbocycles. The summed E-state index contributed by atoms with van der Waals surface area (Å²) in [6, 6.07) is 14.9. The van der Waals surface area contributed by atoms with Gasteiger partial charge in [-0.05, 0) is 62.1 Å². The van der Waals surface area contributed by atoms with E-state index in [1.54, 1.807) is 48.3 Å². The number of benzene rings is 2. The number of amides is 1. The molecule has 0 radical (unpaired) electrons. The molecule has 1 aliphatic heterocycles. The van der Waals surface area contributed by atoms with E-state index in [0.29, 0.717) is 25.3 Å². The number of ether oxygens (including phenoxy) is 1. The van der Waals surface area contributed by atoms with Gasteiger partial charge in [-0.15, -0.1) is 0 Å². The van der Waals surface area contributed by atoms with Gasteiger partial charge in [0.2, 0.25) is 15.7 Å². The van der Waals surface area contributed by atoms with Crippen molar-refractivity contribution in [2.75, 3.05) is 52.9 Å². The van der Waals surface area contributed by atoms with Crippen LogP contribution < -0.4 is 10.5 Å². The summed E-state index contributed by atoms with van der Waals surface area (Å²) in [5.41, 5.74) is 6.51. The van der Waals surface area contributed by atoms with Crippen molar-refractivity contribution in [1.82, 2.24) is 14.7 Å². The second-order valence-electron chi connectivity index (χ2n) is 10.8. The van der Waals surface area contributed by atoms with Gasteiger partial charge in [-0.25, -0.2) is 8.42 Å². The quantitative estimate of drug-likeness (QED) is 0.422. The zero-order valence-electron chi connectivity index (χ0n) is 23.4. The molecular formula is C30H44N4O4S. The molecule has 8 nitrogen and oxygen atoms in total. The topological polar surface area (TPSA) is 96.2 Å². The molecule has 2 fully saturated rings. The first kappa shape index (κ1) is 29.5. The number of nitrogens with zero attached hydrogens (tertiary/aromatic N) is 3. The molecule has 0 aromatic heterocycles. The summed E-state index contributed by atoms with van der Waals surface area (Å²) in [5.74, 6) is 0.363. The lowest BCUT2D eigenvalue weighted by Gasteiger charge is -2.42. The van der Waals surface area contributed by atoms with Crippen LogP contribution in [-0.2, 0) is 14.6 Å². The highest BCUT2D eigenvalue weighted by atomic mass is 32.2. The van der Waals surface area contributed by atoms with Crippen LogP contribution in [0, 0.1) is 0 Å². The van der Waals surface area contributed by atoms with Crippen molar-refractivity contribution in [1.29, 1.82) is 0 Å². The standard InChI is InChI=1S/C30H44N4O4S/c1-24(33-17-19-34(20-18-33)26-8-4-3-5-9-26)25-12-14-28(15-13-25)39(36,37)29-11-6-10-27(22-29)38-21-7-16-32(2)30(35)23-31/h6,10-15,22,24,26H,3-5,7-9,16-21,23,31H2,1-2H3/t24-/m0/s1. The molecule has 9 heteroatoms. The van der Waals surface area contributed by atoms with Crippen LogP contribution in [-0.4, -0.2) is 88.0 Å². The smallest absolute Gasteiger partial charge is 0.236 e. The third kappa shape index (κ3) is 7.60. The zero-order valence-corrected chi connectivity index (χ0v) is 24.2. The maximum absolute atomic E-state index is 13.4. The van der Waals surface area contributed by atoms with E-state index in [1.165, 1.54) is 32.1 Å². The lowest BCUT2D eigenvalue weighted by Crippen LogP contribution is -2.51. The number of likely N-dealkylation sites (N-methyl/N-ethyl adjacent to an activating group) is 1. The minimum Gasteiger partial charge on any atom is -0.493 e. The summed E-state index contributed by atoms with van der Waals surface area (Å²) in [7, 11) is -1.97. The van der Waals surface area contributed by atoms with Crippen molar-refractivity contribution in [3.05, 3.63) is 54.1 Å². The van der Waals surface area contributed by atoms with Crippen molar-refractivity contribution in [2.45, 2.75) is 67.3 Å². The van der Waals surface area contributed by atoms with Gasteiger partial charge in [-0.3, -0.25) is 14.6 Å². The number of sulfone groups is 1. The maximum Gasteiger partial charge on any atom is 0.236 e. The highest BCUT2D eigenvalue weighted by Crippen LogP contribution is 2.29. The molecule has 2 aliphatic rings. The molecule has 4 rings (SSSR count). The van der Waals surface area contributed by atoms with Crippen molar-refractivity contribution < 1.29 is 17.9 Å². The van der Waals surface area contributed by atoms with Gasteiger partial charge in [-0.2, -0.15) is 0 Å². The molecule has 1 atom stereocenters. The highest BCUT2D eigenvalue weighted by molar-refractivity contribution is 7.91. The van der Waals surface area contributed by atoms with Gasteiger partial charge in [0.15, 0.2) is 0 Å². The summed E-state index contributed by atoms with van der Waals surface area (Å²) in [6.07, 6.45) is 7.42. The highest BCUT2D eigenvalue weighted by Gasteiger charge is 2.27. The Morgan fingerprint density at radius 3 is 2.38 bits per heavy atom. The molecule has 2 aromatic carbocycles. The fourth-order valence-electron chi connectivity index (χ4n) is 5.71. The van der Waals surface area contributed by atoms with Crippen LogP contribution in [0.5, 0.6) is 5.75 Å². The summed E-state index contributed by atoms with van der Waals surface area (Å²) < 4.78 is 32.5. The van der Waals surface area contributed by atoms with Gasteiger partial charge in [0.1, 0.15) is 5.75 Å². The summed E-state index contributed by atoms with van der Waals surface area (Å²) in [4.78, 5) is 18.8. The number of piperazine rings is 1. The molecule has 0 bridgehead atoms. The monoisotopic (exact) mass is 556 g/mol. The van der Waals surface area contributed by atoms with Crippen LogP contribution in [0.1, 0.15) is 57.1 Å². The van der Waals surface area contributed by atoms with Crippen LogP contribution in [0.2, 0.25) is 0 Å². The third-order valence-corrected chi connectivity index (χ3v) is 10.1. The Bertz CT molecular complexity index is 1170. The van der Waals surface area contributed by atoms with Gasteiger partial charge in [0, 0.05) is 51.9 Å². The molecule has 1 amide bonds. The molecule has 1 aliphatic carbocycles. The average Bonchev–Trinajstić information content (AvgIpc) is 2.99. The largest absolute Gasteiger partial charge is 0.493 e. The van der Waals surface area contributed by atoms with Gasteiger partial charge in [0.05, 0.1) is 22.9 Å². The second-order valence-corrected chi connectivity index (χ2v) is 12.8. The number of hydrogen-bond donors (Lipinski definition) is 1. The van der Waals surface area contributed by atoms with Gasteiger partial charge < -0.3 is 15.4 Å². The number of hydrogen-bond acceptors (Lipinski definition) is 7. The fraction of sp³-hybridized carbons (Fsp3) is 0.567. The fourth-order valence-corrected chi connectivity index (χ4v) is 7.01. The van der Waals surface area contributed by atoms with E-state index in [1.807, 2.05) is 12.1 Å². The van der Waals surface area contributed by atoms with Gasteiger partial charge in [0.25, 0.3) is 0 Å². The van der Waals surface area contributed by atoms with E-state index in [-0.39, 0.29) is 28.3 Å². The molecule has 39 heavy (non-hydrogen) atoms. The van der Waals surface area contributed by atoms with E-state index >= 15 is 0 Å². The average molecular weight is 557 g/mol. The van der Waals surface area contributed by atoms with Crippen LogP contribution >= 0.6 is 0 Å². The predicted octanol–water partition coefficient (Wildman–Crippen LogP) is 3.72. The maximum atomic E-state index is 13.4. The van der Waals surface area contributed by atoms with Gasteiger partial charge in [-0.1, -0.05) is 37.5 Å². The zero-order chi connectivity index (χ0) is 27.8. The first-order valence-corrected chi connectivity index (χ1v) is 15.8. The molecule has 214 valence electrons. The number of nitrogens with two attached hydrogens (primary N) is 1. The number of carbonyl (C=O) groups excluding carboxylic acids is 1. The Kier molecular flexibility index (Phi) is 10.4. The van der Waals surface area contributed by atoms with Crippen LogP contribution in [0.25, 0.3) is 0 Å². The summed E-state index contributed by atoms with van der Waals surface area (Å²) >= 11 is 0. The summed E-state index contributed by atoms with van der Waals surface area (Å²) in [5, 5.41) is 0. The van der Waals surface area contributed by atoms with E-state index < -0.39 is 9.84 Å². The molecule has 2 aromatic rings. The third-order valence-electron chi connectivity index (χ3n) is 8.28. The van der Waals surface area contributed by atoms with E-state index in [4.69, 9.17) is 10.5 Å². The Morgan fingerprint density at radius 2 is 1.72 bits per heavy atom. The molecular weight excluding hydrogens is 512 g/mol. The first-order valence-electron chi connectivity index (χ1n) is 14.3. The minimum atomic E-state index is -3.67. The lowest BCUT2D eigenvalue weighted by molar-refractivity contribution is -0.128. The number of rotatable bonds is 11. The van der Waals surface area contributed by atoms with E-state index in [9.17, 15) is 13.2 Å². The SMILES string of the molecule is C[C@@H](c1ccc(S(=O)(=O)c2cccc(OCCCN(C)C(=O)CN)c2)cc1)N1CCN(C2CCCCC2)CC1. The minimum absolute atomic E-state index is 0.0193. The van der Waals surface area contributed by atoms with Crippen LogP contribution in [0.3, 0.4) is 0 Å². The summed E-state index contributed by atoms with van der Waals surface area (Å²) in [6.45, 7) is 7.40. The van der Waals surface area contributed by atoms with Gasteiger partial charge >= 0.3 is 0 Å². The van der Waals surface area contributed by atoms with Crippen molar-refractivity contribution in [3.63, 3.8) is 0 Å². The molecule has 2 N–H and O–H groups in total. The van der Waals surface area contributed by atoms with E-state index in [2.05, 4.69) is 16.7 Å². The Morgan fingerprint density at radius 1 is 1.03 bits per heavy atom. The lowest BCUT2D eigenvalue weighted by atomic mass is 9.93. The molecule has 1 heterocycles.